The Kier molecular flexibility index (Phi) is 6.65. The molecule has 1 amide bonds. The number of fused-ring (bicyclic) bond motifs is 1. The third-order valence-corrected chi connectivity index (χ3v) is 5.43. The van der Waals surface area contributed by atoms with Crippen LogP contribution in [-0.2, 0) is 6.61 Å². The number of ether oxygens (including phenoxy) is 1. The number of nitrogens with zero attached hydrogens (tertiary/aromatic N) is 1. The Morgan fingerprint density at radius 3 is 2.61 bits per heavy atom. The van der Waals surface area contributed by atoms with Crippen LogP contribution in [0.15, 0.2) is 94.5 Å². The molecule has 0 aliphatic rings. The second-order valence-electron chi connectivity index (χ2n) is 6.82. The highest BCUT2D eigenvalue weighted by Crippen LogP contribution is 2.27. The number of hydrogen-bond acceptors (Lipinski definition) is 3. The summed E-state index contributed by atoms with van der Waals surface area (Å²) in [5.41, 5.74) is 4.88. The number of carbonyl (C=O) groups is 1. The Labute approximate surface area is 193 Å². The van der Waals surface area contributed by atoms with Gasteiger partial charge in [0.2, 0.25) is 0 Å². The minimum absolute atomic E-state index is 0.315. The number of nitrogens with one attached hydrogen (secondary N) is 1. The molecular formula is C25H18BrClN2O2. The van der Waals surface area contributed by atoms with E-state index in [0.29, 0.717) is 22.9 Å². The minimum atomic E-state index is -0.315. The second-order valence-corrected chi connectivity index (χ2v) is 8.18. The van der Waals surface area contributed by atoms with Crippen molar-refractivity contribution in [1.82, 2.24) is 5.43 Å². The van der Waals surface area contributed by atoms with Crippen LogP contribution in [0.1, 0.15) is 21.5 Å². The average molecular weight is 494 g/mol. The van der Waals surface area contributed by atoms with E-state index in [-0.39, 0.29) is 5.91 Å². The van der Waals surface area contributed by atoms with E-state index in [0.717, 1.165) is 26.4 Å². The van der Waals surface area contributed by atoms with E-state index in [1.165, 1.54) is 0 Å². The third-order valence-electron chi connectivity index (χ3n) is 4.68. The van der Waals surface area contributed by atoms with Gasteiger partial charge in [0, 0.05) is 20.6 Å². The molecule has 0 unspecified atom stereocenters. The molecular weight excluding hydrogens is 476 g/mol. The predicted molar refractivity (Wildman–Crippen MR) is 129 cm³/mol. The Balaban J connectivity index is 1.58. The van der Waals surface area contributed by atoms with Crippen molar-refractivity contribution in [3.05, 3.63) is 111 Å². The van der Waals surface area contributed by atoms with Gasteiger partial charge in [0.15, 0.2) is 0 Å². The maximum atomic E-state index is 12.3. The molecule has 4 aromatic carbocycles. The summed E-state index contributed by atoms with van der Waals surface area (Å²) in [5.74, 6) is 0.368. The van der Waals surface area contributed by atoms with Crippen LogP contribution in [0.5, 0.6) is 5.75 Å². The first-order valence-electron chi connectivity index (χ1n) is 9.58. The Hall–Kier alpha value is -3.15. The van der Waals surface area contributed by atoms with Crippen molar-refractivity contribution in [2.24, 2.45) is 5.10 Å². The van der Waals surface area contributed by atoms with E-state index < -0.39 is 0 Å². The number of rotatable bonds is 6. The van der Waals surface area contributed by atoms with E-state index in [9.17, 15) is 4.79 Å². The molecule has 0 aromatic heterocycles. The van der Waals surface area contributed by atoms with E-state index in [1.54, 1.807) is 30.5 Å². The number of hydrazone groups is 1. The van der Waals surface area contributed by atoms with Gasteiger partial charge in [0.1, 0.15) is 12.4 Å². The summed E-state index contributed by atoms with van der Waals surface area (Å²) in [7, 11) is 0. The lowest BCUT2D eigenvalue weighted by atomic mass is 10.0. The van der Waals surface area contributed by atoms with Crippen molar-refractivity contribution in [1.29, 1.82) is 0 Å². The van der Waals surface area contributed by atoms with E-state index in [4.69, 9.17) is 16.3 Å². The maximum absolute atomic E-state index is 12.3. The quantitative estimate of drug-likeness (QED) is 0.243. The van der Waals surface area contributed by atoms with Crippen molar-refractivity contribution in [3.63, 3.8) is 0 Å². The second kappa shape index (κ2) is 9.77. The molecule has 31 heavy (non-hydrogen) atoms. The molecule has 0 aliphatic carbocycles. The number of halogens is 2. The normalized spacial score (nSPS) is 11.0. The summed E-state index contributed by atoms with van der Waals surface area (Å²) in [5, 5.41) is 6.79. The van der Waals surface area contributed by atoms with Gasteiger partial charge in [-0.25, -0.2) is 5.43 Å². The molecule has 4 rings (SSSR count). The van der Waals surface area contributed by atoms with Crippen LogP contribution in [0.2, 0.25) is 5.02 Å². The Bertz CT molecular complexity index is 1260. The van der Waals surface area contributed by atoms with Crippen molar-refractivity contribution in [2.45, 2.75) is 6.61 Å². The molecule has 0 bridgehead atoms. The van der Waals surface area contributed by atoms with Crippen LogP contribution >= 0.6 is 27.5 Å². The zero-order chi connectivity index (χ0) is 21.6. The smallest absolute Gasteiger partial charge is 0.271 e. The van der Waals surface area contributed by atoms with Crippen LogP contribution in [0.4, 0.5) is 0 Å². The van der Waals surface area contributed by atoms with Gasteiger partial charge in [0.05, 0.1) is 6.21 Å². The SMILES string of the molecule is O=C(N/N=C\c1c(OCc2cccc(Br)c2)ccc2ccccc12)c1ccc(Cl)cc1. The molecule has 0 atom stereocenters. The van der Waals surface area contributed by atoms with Crippen LogP contribution < -0.4 is 10.2 Å². The molecule has 0 heterocycles. The molecule has 0 spiro atoms. The molecule has 0 saturated heterocycles. The summed E-state index contributed by atoms with van der Waals surface area (Å²) < 4.78 is 7.10. The fourth-order valence-electron chi connectivity index (χ4n) is 3.14. The van der Waals surface area contributed by atoms with Gasteiger partial charge in [0.25, 0.3) is 5.91 Å². The first-order chi connectivity index (χ1) is 15.1. The number of amides is 1. The van der Waals surface area contributed by atoms with Gasteiger partial charge >= 0.3 is 0 Å². The van der Waals surface area contributed by atoms with E-state index >= 15 is 0 Å². The summed E-state index contributed by atoms with van der Waals surface area (Å²) in [6.45, 7) is 0.412. The maximum Gasteiger partial charge on any atom is 0.271 e. The van der Waals surface area contributed by atoms with E-state index in [1.807, 2.05) is 60.7 Å². The summed E-state index contributed by atoms with van der Waals surface area (Å²) >= 11 is 9.36. The number of carbonyl (C=O) groups excluding carboxylic acids is 1. The molecule has 4 nitrogen and oxygen atoms in total. The highest BCUT2D eigenvalue weighted by Gasteiger charge is 2.09. The van der Waals surface area contributed by atoms with Crippen molar-refractivity contribution >= 4 is 50.4 Å². The largest absolute Gasteiger partial charge is 0.488 e. The predicted octanol–water partition coefficient (Wildman–Crippen LogP) is 6.60. The number of hydrogen-bond donors (Lipinski definition) is 1. The Morgan fingerprint density at radius 1 is 1.00 bits per heavy atom. The average Bonchev–Trinajstić information content (AvgIpc) is 2.78. The number of benzene rings is 4. The third kappa shape index (κ3) is 5.32. The summed E-state index contributed by atoms with van der Waals surface area (Å²) in [6, 6.07) is 26.5. The van der Waals surface area contributed by atoms with Crippen LogP contribution in [0, 0.1) is 0 Å². The molecule has 4 aromatic rings. The molecule has 154 valence electrons. The molecule has 0 saturated carbocycles. The lowest BCUT2D eigenvalue weighted by molar-refractivity contribution is 0.0955. The highest BCUT2D eigenvalue weighted by molar-refractivity contribution is 9.10. The first-order valence-corrected chi connectivity index (χ1v) is 10.8. The monoisotopic (exact) mass is 492 g/mol. The zero-order valence-electron chi connectivity index (χ0n) is 16.4. The van der Waals surface area contributed by atoms with Crippen LogP contribution in [0.25, 0.3) is 10.8 Å². The van der Waals surface area contributed by atoms with Crippen LogP contribution in [0.3, 0.4) is 0 Å². The topological polar surface area (TPSA) is 50.7 Å². The molecule has 6 heteroatoms. The lowest BCUT2D eigenvalue weighted by Gasteiger charge is -2.12. The van der Waals surface area contributed by atoms with E-state index in [2.05, 4.69) is 26.5 Å². The van der Waals surface area contributed by atoms with Gasteiger partial charge in [-0.1, -0.05) is 70.0 Å². The van der Waals surface area contributed by atoms with Crippen molar-refractivity contribution < 1.29 is 9.53 Å². The zero-order valence-corrected chi connectivity index (χ0v) is 18.7. The molecule has 0 aliphatic heterocycles. The standard InChI is InChI=1S/C25H18BrClN2O2/c26-20-6-3-4-17(14-20)16-31-24-13-10-18-5-1-2-7-22(18)23(24)15-28-29-25(30)19-8-11-21(27)12-9-19/h1-15H,16H2,(H,29,30)/b28-15-. The Morgan fingerprint density at radius 2 is 1.81 bits per heavy atom. The van der Waals surface area contributed by atoms with Gasteiger partial charge < -0.3 is 4.74 Å². The molecule has 0 radical (unpaired) electrons. The summed E-state index contributed by atoms with van der Waals surface area (Å²) in [6.07, 6.45) is 1.62. The molecule has 1 N–H and O–H groups in total. The highest BCUT2D eigenvalue weighted by atomic mass is 79.9. The van der Waals surface area contributed by atoms with Gasteiger partial charge in [-0.15, -0.1) is 0 Å². The fraction of sp³-hybridized carbons (Fsp3) is 0.0400. The first kappa shape index (κ1) is 21.1. The summed E-state index contributed by atoms with van der Waals surface area (Å²) in [4.78, 5) is 12.3. The van der Waals surface area contributed by atoms with Gasteiger partial charge in [-0.3, -0.25) is 4.79 Å². The molecule has 0 fully saturated rings. The lowest BCUT2D eigenvalue weighted by Crippen LogP contribution is -2.17. The minimum Gasteiger partial charge on any atom is -0.488 e. The fourth-order valence-corrected chi connectivity index (χ4v) is 3.72. The van der Waals surface area contributed by atoms with Gasteiger partial charge in [-0.05, 0) is 58.8 Å². The van der Waals surface area contributed by atoms with Crippen LogP contribution in [-0.4, -0.2) is 12.1 Å². The van der Waals surface area contributed by atoms with Crippen molar-refractivity contribution in [2.75, 3.05) is 0 Å². The van der Waals surface area contributed by atoms with Gasteiger partial charge in [-0.2, -0.15) is 5.10 Å². The van der Waals surface area contributed by atoms with Crippen molar-refractivity contribution in [3.8, 4) is 5.75 Å².